The number of rotatable bonds is 9. The normalized spacial score (nSPS) is 29.0. The van der Waals surface area contributed by atoms with Gasteiger partial charge in [0.15, 0.2) is 12.4 Å². The molecule has 1 aliphatic rings. The second kappa shape index (κ2) is 10.8. The van der Waals surface area contributed by atoms with E-state index in [1.165, 1.54) is 0 Å². The molecule has 1 rings (SSSR count). The van der Waals surface area contributed by atoms with E-state index in [-0.39, 0.29) is 18.4 Å². The lowest BCUT2D eigenvalue weighted by atomic mass is 9.98. The second-order valence-electron chi connectivity index (χ2n) is 6.60. The van der Waals surface area contributed by atoms with Crippen LogP contribution in [0, 0.1) is 11.8 Å². The summed E-state index contributed by atoms with van der Waals surface area (Å²) in [6, 6.07) is 0. The molecule has 0 aromatic carbocycles. The lowest BCUT2D eigenvalue weighted by molar-refractivity contribution is -0.291. The summed E-state index contributed by atoms with van der Waals surface area (Å²) in [6.07, 6.45) is -4.77. The Morgan fingerprint density at radius 1 is 0.885 bits per heavy atom. The molecule has 3 N–H and O–H groups in total. The summed E-state index contributed by atoms with van der Waals surface area (Å²) in [6.45, 7) is 7.10. The van der Waals surface area contributed by atoms with Crippen molar-refractivity contribution >= 4 is 11.9 Å². The van der Waals surface area contributed by atoms with E-state index in [0.29, 0.717) is 25.7 Å². The van der Waals surface area contributed by atoms with Gasteiger partial charge in [0.05, 0.1) is 11.8 Å². The Balaban J connectivity index is 2.75. The van der Waals surface area contributed by atoms with Crippen molar-refractivity contribution in [2.75, 3.05) is 6.61 Å². The minimum atomic E-state index is -1.66. The highest BCUT2D eigenvalue weighted by Gasteiger charge is 2.47. The van der Waals surface area contributed by atoms with Crippen molar-refractivity contribution in [3.05, 3.63) is 0 Å². The van der Waals surface area contributed by atoms with Gasteiger partial charge in [-0.25, -0.2) is 0 Å². The van der Waals surface area contributed by atoms with Crippen LogP contribution in [0.15, 0.2) is 0 Å². The van der Waals surface area contributed by atoms with Crippen molar-refractivity contribution in [3.8, 4) is 0 Å². The number of aliphatic hydroxyl groups is 3. The van der Waals surface area contributed by atoms with E-state index in [9.17, 15) is 24.9 Å². The van der Waals surface area contributed by atoms with Crippen molar-refractivity contribution in [2.45, 2.75) is 84.1 Å². The number of aliphatic hydroxyl groups excluding tert-OH is 3. The average molecular weight is 376 g/mol. The van der Waals surface area contributed by atoms with Gasteiger partial charge in [0.2, 0.25) is 0 Å². The van der Waals surface area contributed by atoms with E-state index in [4.69, 9.17) is 14.2 Å². The van der Waals surface area contributed by atoms with Gasteiger partial charge in [-0.05, 0) is 25.7 Å². The molecule has 1 saturated heterocycles. The maximum Gasteiger partial charge on any atom is 0.309 e. The highest BCUT2D eigenvalue weighted by molar-refractivity contribution is 5.73. The summed E-state index contributed by atoms with van der Waals surface area (Å²) in [4.78, 5) is 24.1. The predicted molar refractivity (Wildman–Crippen MR) is 91.9 cm³/mol. The molecule has 8 nitrogen and oxygen atoms in total. The Labute approximate surface area is 154 Å². The van der Waals surface area contributed by atoms with Crippen molar-refractivity contribution < 1.29 is 39.1 Å². The van der Waals surface area contributed by atoms with E-state index < -0.39 is 42.6 Å². The van der Waals surface area contributed by atoms with Crippen LogP contribution >= 0.6 is 0 Å². The van der Waals surface area contributed by atoms with Crippen LogP contribution in [0.1, 0.15) is 53.4 Å². The molecular formula is C18H32O8. The molecule has 0 aliphatic carbocycles. The molecule has 0 bridgehead atoms. The van der Waals surface area contributed by atoms with Crippen molar-refractivity contribution in [2.24, 2.45) is 11.8 Å². The van der Waals surface area contributed by atoms with Crippen LogP contribution in [-0.2, 0) is 23.8 Å². The molecule has 5 atom stereocenters. The minimum absolute atomic E-state index is 0.255. The molecule has 1 heterocycles. The van der Waals surface area contributed by atoms with Crippen LogP contribution in [0.2, 0.25) is 0 Å². The van der Waals surface area contributed by atoms with Gasteiger partial charge >= 0.3 is 11.9 Å². The first-order valence-corrected chi connectivity index (χ1v) is 9.37. The van der Waals surface area contributed by atoms with Gasteiger partial charge in [-0.2, -0.15) is 0 Å². The number of hydrogen-bond acceptors (Lipinski definition) is 8. The molecule has 1 aliphatic heterocycles. The van der Waals surface area contributed by atoms with E-state index in [2.05, 4.69) is 0 Å². The minimum Gasteiger partial charge on any atom is -0.463 e. The summed E-state index contributed by atoms with van der Waals surface area (Å²) in [5, 5.41) is 30.3. The smallest absolute Gasteiger partial charge is 0.309 e. The number of hydrogen-bond donors (Lipinski definition) is 3. The van der Waals surface area contributed by atoms with Crippen molar-refractivity contribution in [1.29, 1.82) is 0 Å². The zero-order valence-electron chi connectivity index (χ0n) is 16.0. The first-order valence-electron chi connectivity index (χ1n) is 9.37. The van der Waals surface area contributed by atoms with Crippen LogP contribution < -0.4 is 0 Å². The number of carbonyl (C=O) groups is 2. The standard InChI is InChI=1S/C18H32O8/c1-5-10(6-2)16(21)24-9-12-13(19)15(14(20)18(23)25-12)26-17(22)11(7-3)8-4/h10-15,18-20,23H,5-9H2,1-4H3/t12-,13-,14-,15+,18?/m1/s1. The fourth-order valence-corrected chi connectivity index (χ4v) is 2.95. The van der Waals surface area contributed by atoms with Crippen LogP contribution in [-0.4, -0.2) is 64.6 Å². The summed E-state index contributed by atoms with van der Waals surface area (Å²) in [5.74, 6) is -1.59. The van der Waals surface area contributed by atoms with Gasteiger partial charge in [-0.3, -0.25) is 9.59 Å². The maximum absolute atomic E-state index is 12.2. The third-order valence-electron chi connectivity index (χ3n) is 4.94. The maximum atomic E-state index is 12.2. The molecular weight excluding hydrogens is 344 g/mol. The number of carbonyl (C=O) groups excluding carboxylic acids is 2. The van der Waals surface area contributed by atoms with Gasteiger partial charge in [0, 0.05) is 0 Å². The molecule has 26 heavy (non-hydrogen) atoms. The number of esters is 2. The quantitative estimate of drug-likeness (QED) is 0.504. The SMILES string of the molecule is CCC(CC)C(=O)OC[C@H]1OC(O)[C@H](O)[C@@H](OC(=O)C(CC)CC)[C@@H]1O. The predicted octanol–water partition coefficient (Wildman–Crippen LogP) is 0.753. The lowest BCUT2D eigenvalue weighted by Gasteiger charge is -2.40. The summed E-state index contributed by atoms with van der Waals surface area (Å²) in [5.41, 5.74) is 0. The Morgan fingerprint density at radius 3 is 1.88 bits per heavy atom. The van der Waals surface area contributed by atoms with Gasteiger partial charge < -0.3 is 29.5 Å². The monoisotopic (exact) mass is 376 g/mol. The highest BCUT2D eigenvalue weighted by atomic mass is 16.7. The average Bonchev–Trinajstić information content (AvgIpc) is 2.62. The Kier molecular flexibility index (Phi) is 9.49. The molecule has 8 heteroatoms. The zero-order chi connectivity index (χ0) is 19.9. The molecule has 1 fully saturated rings. The first kappa shape index (κ1) is 22.8. The van der Waals surface area contributed by atoms with Gasteiger partial charge in [-0.15, -0.1) is 0 Å². The van der Waals surface area contributed by atoms with Gasteiger partial charge in [0.1, 0.15) is 24.9 Å². The molecule has 0 aromatic heterocycles. The van der Waals surface area contributed by atoms with Crippen LogP contribution in [0.25, 0.3) is 0 Å². The summed E-state index contributed by atoms with van der Waals surface area (Å²) in [7, 11) is 0. The molecule has 0 saturated carbocycles. The fraction of sp³-hybridized carbons (Fsp3) is 0.889. The van der Waals surface area contributed by atoms with Crippen molar-refractivity contribution in [1.82, 2.24) is 0 Å². The van der Waals surface area contributed by atoms with Gasteiger partial charge in [0.25, 0.3) is 0 Å². The molecule has 0 radical (unpaired) electrons. The first-order chi connectivity index (χ1) is 12.3. The molecule has 0 aromatic rings. The Morgan fingerprint density at radius 2 is 1.38 bits per heavy atom. The Hall–Kier alpha value is -1.22. The molecule has 0 amide bonds. The van der Waals surface area contributed by atoms with E-state index in [0.717, 1.165) is 0 Å². The topological polar surface area (TPSA) is 123 Å². The lowest BCUT2D eigenvalue weighted by Crippen LogP contribution is -2.60. The van der Waals surface area contributed by atoms with E-state index in [1.54, 1.807) is 0 Å². The largest absolute Gasteiger partial charge is 0.463 e. The van der Waals surface area contributed by atoms with E-state index >= 15 is 0 Å². The van der Waals surface area contributed by atoms with Crippen LogP contribution in [0.5, 0.6) is 0 Å². The third-order valence-corrected chi connectivity index (χ3v) is 4.94. The highest BCUT2D eigenvalue weighted by Crippen LogP contribution is 2.25. The molecule has 0 spiro atoms. The molecule has 152 valence electrons. The molecule has 1 unspecified atom stereocenters. The number of ether oxygens (including phenoxy) is 3. The van der Waals surface area contributed by atoms with E-state index in [1.807, 2.05) is 27.7 Å². The Bertz CT molecular complexity index is 446. The van der Waals surface area contributed by atoms with Crippen LogP contribution in [0.4, 0.5) is 0 Å². The van der Waals surface area contributed by atoms with Crippen LogP contribution in [0.3, 0.4) is 0 Å². The summed E-state index contributed by atoms with van der Waals surface area (Å²) >= 11 is 0. The zero-order valence-corrected chi connectivity index (χ0v) is 16.0. The fourth-order valence-electron chi connectivity index (χ4n) is 2.95. The van der Waals surface area contributed by atoms with Crippen molar-refractivity contribution in [3.63, 3.8) is 0 Å². The summed E-state index contributed by atoms with van der Waals surface area (Å²) < 4.78 is 15.5. The third kappa shape index (κ3) is 5.64. The second-order valence-corrected chi connectivity index (χ2v) is 6.60. The van der Waals surface area contributed by atoms with Gasteiger partial charge in [-0.1, -0.05) is 27.7 Å².